The number of aliphatic hydroxyl groups excluding tert-OH is 1. The maximum Gasteiger partial charge on any atom is 0.333 e. The van der Waals surface area contributed by atoms with Crippen LogP contribution in [0.5, 0.6) is 0 Å². The Labute approximate surface area is 178 Å². The molecule has 0 amide bonds. The Hall–Kier alpha value is -2.07. The number of carbonyl (C=O) groups is 1. The molecular formula is C20H26N2O5S2. The maximum atomic E-state index is 11.5. The number of rotatable bonds is 10. The molecule has 2 aromatic rings. The second kappa shape index (κ2) is 11.2. The number of thiazole rings is 2. The molecule has 0 unspecified atom stereocenters. The molecule has 0 radical (unpaired) electrons. The van der Waals surface area contributed by atoms with E-state index in [4.69, 9.17) is 9.47 Å². The van der Waals surface area contributed by atoms with Crippen molar-refractivity contribution in [2.45, 2.75) is 25.9 Å². The van der Waals surface area contributed by atoms with Crippen molar-refractivity contribution in [3.05, 3.63) is 39.4 Å². The third-order valence-electron chi connectivity index (χ3n) is 4.33. The molecule has 2 heterocycles. The fourth-order valence-electron chi connectivity index (χ4n) is 2.53. The average Bonchev–Trinajstić information content (AvgIpc) is 3.41. The van der Waals surface area contributed by atoms with E-state index in [2.05, 4.69) is 14.7 Å². The highest BCUT2D eigenvalue weighted by Crippen LogP contribution is 2.29. The molecule has 2 rings (SSSR count). The van der Waals surface area contributed by atoms with Crippen LogP contribution in [0.25, 0.3) is 16.8 Å². The van der Waals surface area contributed by atoms with Gasteiger partial charge in [-0.1, -0.05) is 19.9 Å². The van der Waals surface area contributed by atoms with E-state index >= 15 is 0 Å². The number of hydrogen-bond acceptors (Lipinski definition) is 9. The number of hydrogen-bond donors (Lipinski definition) is 1. The van der Waals surface area contributed by atoms with Gasteiger partial charge in [-0.05, 0) is 6.08 Å². The Morgan fingerprint density at radius 1 is 1.17 bits per heavy atom. The number of methoxy groups -OCH3 is 3. The molecule has 3 atom stereocenters. The standard InChI is InChI=1S/C20H26N2O5S2/c1-12(9-23)19-22-15(11-29-19)20-21-14(10-28-20)6-7-16(25-3)13(2)17(26-4)8-18(24)27-5/h6-8,10-13,16,23H,9H2,1-5H3/b7-6-,17-8+/t12-,13-,16+/m1/s1. The average molecular weight is 439 g/mol. The highest BCUT2D eigenvalue weighted by molar-refractivity contribution is 7.14. The molecule has 2 aromatic heterocycles. The molecule has 0 saturated heterocycles. The van der Waals surface area contributed by atoms with Crippen molar-refractivity contribution in [3.63, 3.8) is 0 Å². The quantitative estimate of drug-likeness (QED) is 0.343. The van der Waals surface area contributed by atoms with Gasteiger partial charge in [0.1, 0.15) is 16.5 Å². The minimum atomic E-state index is -0.477. The summed E-state index contributed by atoms with van der Waals surface area (Å²) >= 11 is 3.03. The highest BCUT2D eigenvalue weighted by atomic mass is 32.1. The van der Waals surface area contributed by atoms with Crippen LogP contribution in [-0.4, -0.2) is 55.1 Å². The number of ether oxygens (including phenoxy) is 3. The summed E-state index contributed by atoms with van der Waals surface area (Å²) in [4.78, 5) is 20.7. The Kier molecular flexibility index (Phi) is 8.97. The Bertz CT molecular complexity index is 859. The normalized spacial score (nSPS) is 15.3. The minimum Gasteiger partial charge on any atom is -0.500 e. The third kappa shape index (κ3) is 6.20. The first-order valence-corrected chi connectivity index (χ1v) is 10.8. The number of aliphatic hydroxyl groups is 1. The van der Waals surface area contributed by atoms with Gasteiger partial charge in [0.2, 0.25) is 0 Å². The molecule has 29 heavy (non-hydrogen) atoms. The summed E-state index contributed by atoms with van der Waals surface area (Å²) in [5, 5.41) is 14.9. The van der Waals surface area contributed by atoms with Crippen LogP contribution < -0.4 is 0 Å². The summed E-state index contributed by atoms with van der Waals surface area (Å²) in [6.45, 7) is 3.92. The molecule has 0 aliphatic rings. The van der Waals surface area contributed by atoms with Gasteiger partial charge in [0.15, 0.2) is 0 Å². The minimum absolute atomic E-state index is 0.0186. The first-order chi connectivity index (χ1) is 13.9. The van der Waals surface area contributed by atoms with Gasteiger partial charge in [-0.2, -0.15) is 0 Å². The molecule has 0 fully saturated rings. The first kappa shape index (κ1) is 23.2. The second-order valence-electron chi connectivity index (χ2n) is 6.35. The van der Waals surface area contributed by atoms with E-state index in [1.807, 2.05) is 36.8 Å². The monoisotopic (exact) mass is 438 g/mol. The van der Waals surface area contributed by atoms with E-state index in [-0.39, 0.29) is 24.5 Å². The maximum absolute atomic E-state index is 11.5. The molecule has 9 heteroatoms. The zero-order valence-electron chi connectivity index (χ0n) is 17.1. The van der Waals surface area contributed by atoms with Crippen LogP contribution in [-0.2, 0) is 19.0 Å². The van der Waals surface area contributed by atoms with Gasteiger partial charge in [0.25, 0.3) is 0 Å². The lowest BCUT2D eigenvalue weighted by molar-refractivity contribution is -0.135. The zero-order chi connectivity index (χ0) is 21.4. The molecule has 0 saturated carbocycles. The lowest BCUT2D eigenvalue weighted by Crippen LogP contribution is -2.21. The molecule has 158 valence electrons. The van der Waals surface area contributed by atoms with Gasteiger partial charge in [-0.3, -0.25) is 0 Å². The van der Waals surface area contributed by atoms with Gasteiger partial charge >= 0.3 is 5.97 Å². The van der Waals surface area contributed by atoms with Crippen LogP contribution in [0.15, 0.2) is 28.7 Å². The Morgan fingerprint density at radius 3 is 2.55 bits per heavy atom. The van der Waals surface area contributed by atoms with Gasteiger partial charge in [0, 0.05) is 29.7 Å². The van der Waals surface area contributed by atoms with Crippen LogP contribution in [0.1, 0.15) is 30.5 Å². The number of esters is 1. The molecule has 0 spiro atoms. The third-order valence-corrected chi connectivity index (χ3v) is 6.29. The fraction of sp³-hybridized carbons (Fsp3) is 0.450. The number of carbonyl (C=O) groups excluding carboxylic acids is 1. The summed E-state index contributed by atoms with van der Waals surface area (Å²) in [6, 6.07) is 0. The highest BCUT2D eigenvalue weighted by Gasteiger charge is 2.21. The van der Waals surface area contributed by atoms with Crippen LogP contribution in [0, 0.1) is 5.92 Å². The lowest BCUT2D eigenvalue weighted by atomic mass is 10.0. The Balaban J connectivity index is 2.13. The van der Waals surface area contributed by atoms with Crippen LogP contribution in [0.2, 0.25) is 0 Å². The molecule has 0 aliphatic heterocycles. The van der Waals surface area contributed by atoms with E-state index in [1.165, 1.54) is 43.0 Å². The van der Waals surface area contributed by atoms with E-state index in [1.54, 1.807) is 7.11 Å². The molecule has 0 aromatic carbocycles. The van der Waals surface area contributed by atoms with E-state index in [0.29, 0.717) is 5.76 Å². The van der Waals surface area contributed by atoms with Gasteiger partial charge in [-0.25, -0.2) is 14.8 Å². The lowest BCUT2D eigenvalue weighted by Gasteiger charge is -2.21. The summed E-state index contributed by atoms with van der Waals surface area (Å²) < 4.78 is 15.5. The van der Waals surface area contributed by atoms with Crippen molar-refractivity contribution < 1.29 is 24.1 Å². The molecule has 1 N–H and O–H groups in total. The van der Waals surface area contributed by atoms with Gasteiger partial charge < -0.3 is 19.3 Å². The Morgan fingerprint density at radius 2 is 1.93 bits per heavy atom. The fourth-order valence-corrected chi connectivity index (χ4v) is 4.20. The van der Waals surface area contributed by atoms with Crippen molar-refractivity contribution >= 4 is 34.7 Å². The van der Waals surface area contributed by atoms with Crippen LogP contribution >= 0.6 is 22.7 Å². The van der Waals surface area contributed by atoms with E-state index in [9.17, 15) is 9.90 Å². The predicted molar refractivity (Wildman–Crippen MR) is 115 cm³/mol. The SMILES string of the molecule is COC(=O)/C=C(/OC)[C@H](C)[C@H](/C=C\c1csc(-c2csc([C@H](C)CO)n2)n1)OC. The van der Waals surface area contributed by atoms with Crippen molar-refractivity contribution in [3.8, 4) is 10.7 Å². The first-order valence-electron chi connectivity index (χ1n) is 9.00. The van der Waals surface area contributed by atoms with Crippen molar-refractivity contribution in [1.29, 1.82) is 0 Å². The smallest absolute Gasteiger partial charge is 0.333 e. The topological polar surface area (TPSA) is 90.8 Å². The summed E-state index contributed by atoms with van der Waals surface area (Å²) in [5.41, 5.74) is 1.61. The molecule has 7 nitrogen and oxygen atoms in total. The molecule has 0 aliphatic carbocycles. The van der Waals surface area contributed by atoms with E-state index in [0.717, 1.165) is 21.4 Å². The van der Waals surface area contributed by atoms with E-state index < -0.39 is 5.97 Å². The summed E-state index contributed by atoms with van der Waals surface area (Å²) in [6.07, 6.45) is 4.76. The van der Waals surface area contributed by atoms with Crippen molar-refractivity contribution in [1.82, 2.24) is 9.97 Å². The van der Waals surface area contributed by atoms with Gasteiger partial charge in [0.05, 0.1) is 43.7 Å². The van der Waals surface area contributed by atoms with Crippen molar-refractivity contribution in [2.75, 3.05) is 27.9 Å². The summed E-state index contributed by atoms with van der Waals surface area (Å²) in [7, 11) is 4.43. The second-order valence-corrected chi connectivity index (χ2v) is 8.10. The van der Waals surface area contributed by atoms with Crippen LogP contribution in [0.4, 0.5) is 0 Å². The number of nitrogens with zero attached hydrogens (tertiary/aromatic N) is 2. The summed E-state index contributed by atoms with van der Waals surface area (Å²) in [5.74, 6) is -0.181. The van der Waals surface area contributed by atoms with Crippen molar-refractivity contribution in [2.24, 2.45) is 5.92 Å². The molecular weight excluding hydrogens is 412 g/mol. The van der Waals surface area contributed by atoms with Crippen LogP contribution in [0.3, 0.4) is 0 Å². The number of aromatic nitrogens is 2. The van der Waals surface area contributed by atoms with Gasteiger partial charge in [-0.15, -0.1) is 22.7 Å². The molecule has 0 bridgehead atoms. The largest absolute Gasteiger partial charge is 0.500 e. The zero-order valence-corrected chi connectivity index (χ0v) is 18.8. The predicted octanol–water partition coefficient (Wildman–Crippen LogP) is 3.73.